The predicted molar refractivity (Wildman–Crippen MR) is 119 cm³/mol. The minimum absolute atomic E-state index is 0.0744. The van der Waals surface area contributed by atoms with E-state index in [1.807, 2.05) is 18.2 Å². The normalized spacial score (nSPS) is 13.8. The standard InChI is InChI=1S/C24H21N3O6/c1-30-16-8-6-15(7-9-16)20-14-18(26-33-20)23(28)25-21-17-4-2-3-5-19(17)32-22(21)24(29)27-10-12-31-13-11-27/h2-9,14H,10-13H2,1H3,(H,25,28). The van der Waals surface area contributed by atoms with Crippen LogP contribution in [0.1, 0.15) is 21.0 Å². The molecule has 0 saturated carbocycles. The van der Waals surface area contributed by atoms with Crippen LogP contribution in [0.5, 0.6) is 5.75 Å². The van der Waals surface area contributed by atoms with Gasteiger partial charge >= 0.3 is 0 Å². The van der Waals surface area contributed by atoms with E-state index in [-0.39, 0.29) is 17.4 Å². The van der Waals surface area contributed by atoms with Gasteiger partial charge in [0, 0.05) is 30.1 Å². The fraction of sp³-hybridized carbons (Fsp3) is 0.208. The van der Waals surface area contributed by atoms with Gasteiger partial charge in [0.25, 0.3) is 11.8 Å². The molecule has 2 aromatic heterocycles. The molecule has 1 aliphatic heterocycles. The summed E-state index contributed by atoms with van der Waals surface area (Å²) in [7, 11) is 1.59. The number of nitrogens with one attached hydrogen (secondary N) is 1. The molecule has 0 bridgehead atoms. The predicted octanol–water partition coefficient (Wildman–Crippen LogP) is 3.82. The second kappa shape index (κ2) is 8.79. The molecule has 1 aliphatic rings. The third kappa shape index (κ3) is 4.06. The minimum atomic E-state index is -0.513. The lowest BCUT2D eigenvalue weighted by Crippen LogP contribution is -2.40. The van der Waals surface area contributed by atoms with Crippen molar-refractivity contribution in [3.05, 3.63) is 66.1 Å². The lowest BCUT2D eigenvalue weighted by atomic mass is 10.1. The number of hydrogen-bond donors (Lipinski definition) is 1. The largest absolute Gasteiger partial charge is 0.497 e. The maximum absolute atomic E-state index is 13.1. The Bertz CT molecular complexity index is 1300. The van der Waals surface area contributed by atoms with Crippen LogP contribution in [0.25, 0.3) is 22.3 Å². The average molecular weight is 447 g/mol. The van der Waals surface area contributed by atoms with Crippen molar-refractivity contribution in [2.24, 2.45) is 0 Å². The summed E-state index contributed by atoms with van der Waals surface area (Å²) in [5, 5.41) is 7.32. The second-order valence-electron chi connectivity index (χ2n) is 7.47. The zero-order valence-corrected chi connectivity index (χ0v) is 17.9. The molecule has 5 rings (SSSR count). The van der Waals surface area contributed by atoms with E-state index < -0.39 is 5.91 Å². The number of aromatic nitrogens is 1. The van der Waals surface area contributed by atoms with E-state index in [9.17, 15) is 9.59 Å². The van der Waals surface area contributed by atoms with Crippen LogP contribution >= 0.6 is 0 Å². The Kier molecular flexibility index (Phi) is 5.54. The Balaban J connectivity index is 1.43. The Morgan fingerprint density at radius 1 is 1.06 bits per heavy atom. The van der Waals surface area contributed by atoms with Gasteiger partial charge in [0.1, 0.15) is 17.0 Å². The lowest BCUT2D eigenvalue weighted by molar-refractivity contribution is 0.0285. The van der Waals surface area contributed by atoms with Gasteiger partial charge in [0.15, 0.2) is 11.5 Å². The van der Waals surface area contributed by atoms with Gasteiger partial charge in [-0.2, -0.15) is 0 Å². The van der Waals surface area contributed by atoms with Gasteiger partial charge in [0.05, 0.1) is 20.3 Å². The number of carbonyl (C=O) groups excluding carboxylic acids is 2. The van der Waals surface area contributed by atoms with E-state index in [0.29, 0.717) is 54.5 Å². The van der Waals surface area contributed by atoms with Crippen molar-refractivity contribution in [1.29, 1.82) is 0 Å². The Morgan fingerprint density at radius 3 is 2.58 bits per heavy atom. The first kappa shape index (κ1) is 20.8. The summed E-state index contributed by atoms with van der Waals surface area (Å²) in [4.78, 5) is 27.8. The quantitative estimate of drug-likeness (QED) is 0.496. The smallest absolute Gasteiger partial charge is 0.291 e. The van der Waals surface area contributed by atoms with Crippen molar-refractivity contribution in [2.45, 2.75) is 0 Å². The van der Waals surface area contributed by atoms with Crippen LogP contribution in [0.15, 0.2) is 63.5 Å². The molecule has 4 aromatic rings. The highest BCUT2D eigenvalue weighted by Crippen LogP contribution is 2.32. The molecule has 1 fully saturated rings. The van der Waals surface area contributed by atoms with E-state index in [1.54, 1.807) is 48.4 Å². The summed E-state index contributed by atoms with van der Waals surface area (Å²) in [5.74, 6) is 0.403. The number of fused-ring (bicyclic) bond motifs is 1. The Morgan fingerprint density at radius 2 is 1.82 bits per heavy atom. The van der Waals surface area contributed by atoms with Crippen molar-refractivity contribution >= 4 is 28.5 Å². The number of methoxy groups -OCH3 is 1. The van der Waals surface area contributed by atoms with Crippen LogP contribution in [0.2, 0.25) is 0 Å². The first-order valence-corrected chi connectivity index (χ1v) is 10.4. The molecule has 1 saturated heterocycles. The number of carbonyl (C=O) groups is 2. The topological polar surface area (TPSA) is 107 Å². The van der Waals surface area contributed by atoms with E-state index in [4.69, 9.17) is 18.4 Å². The lowest BCUT2D eigenvalue weighted by Gasteiger charge is -2.26. The highest BCUT2D eigenvalue weighted by molar-refractivity contribution is 6.14. The summed E-state index contributed by atoms with van der Waals surface area (Å²) < 4.78 is 21.7. The number of furan rings is 1. The van der Waals surface area contributed by atoms with Crippen molar-refractivity contribution in [3.8, 4) is 17.1 Å². The summed E-state index contributed by atoms with van der Waals surface area (Å²) >= 11 is 0. The number of morpholine rings is 1. The van der Waals surface area contributed by atoms with E-state index in [0.717, 1.165) is 5.56 Å². The van der Waals surface area contributed by atoms with Crippen LogP contribution in [-0.4, -0.2) is 55.3 Å². The first-order chi connectivity index (χ1) is 16.1. The molecule has 3 heterocycles. The Hall–Kier alpha value is -4.11. The van der Waals surface area contributed by atoms with E-state index >= 15 is 0 Å². The Labute approximate surface area is 188 Å². The van der Waals surface area contributed by atoms with Crippen LogP contribution in [0.4, 0.5) is 5.69 Å². The van der Waals surface area contributed by atoms with Crippen molar-refractivity contribution in [2.75, 3.05) is 38.7 Å². The average Bonchev–Trinajstić information content (AvgIpc) is 3.50. The monoisotopic (exact) mass is 447 g/mol. The zero-order valence-electron chi connectivity index (χ0n) is 17.9. The molecule has 0 unspecified atom stereocenters. The van der Waals surface area contributed by atoms with Crippen molar-refractivity contribution in [3.63, 3.8) is 0 Å². The maximum atomic E-state index is 13.1. The maximum Gasteiger partial charge on any atom is 0.291 e. The second-order valence-corrected chi connectivity index (χ2v) is 7.47. The van der Waals surface area contributed by atoms with E-state index in [2.05, 4.69) is 10.5 Å². The van der Waals surface area contributed by atoms with Crippen LogP contribution < -0.4 is 10.1 Å². The van der Waals surface area contributed by atoms with Gasteiger partial charge in [-0.25, -0.2) is 0 Å². The molecule has 2 amide bonds. The molecule has 0 radical (unpaired) electrons. The summed E-state index contributed by atoms with van der Waals surface area (Å²) in [6.45, 7) is 1.83. The number of ether oxygens (including phenoxy) is 2. The van der Waals surface area contributed by atoms with Crippen molar-refractivity contribution < 1.29 is 28.0 Å². The third-order valence-electron chi connectivity index (χ3n) is 5.44. The minimum Gasteiger partial charge on any atom is -0.497 e. The van der Waals surface area contributed by atoms with Gasteiger partial charge in [-0.05, 0) is 36.4 Å². The number of nitrogens with zero attached hydrogens (tertiary/aromatic N) is 2. The molecular formula is C24H21N3O6. The van der Waals surface area contributed by atoms with Gasteiger partial charge in [-0.1, -0.05) is 17.3 Å². The molecule has 1 N–H and O–H groups in total. The highest BCUT2D eigenvalue weighted by atomic mass is 16.5. The number of benzene rings is 2. The third-order valence-corrected chi connectivity index (χ3v) is 5.44. The fourth-order valence-corrected chi connectivity index (χ4v) is 3.68. The molecule has 0 spiro atoms. The molecule has 168 valence electrons. The van der Waals surface area contributed by atoms with Gasteiger partial charge in [-0.3, -0.25) is 9.59 Å². The van der Waals surface area contributed by atoms with Gasteiger partial charge < -0.3 is 28.6 Å². The molecular weight excluding hydrogens is 426 g/mol. The summed E-state index contributed by atoms with van der Waals surface area (Å²) in [5.41, 5.74) is 1.64. The summed E-state index contributed by atoms with van der Waals surface area (Å²) in [6, 6.07) is 15.9. The number of rotatable bonds is 5. The van der Waals surface area contributed by atoms with Crippen molar-refractivity contribution in [1.82, 2.24) is 10.1 Å². The molecule has 9 nitrogen and oxygen atoms in total. The fourth-order valence-electron chi connectivity index (χ4n) is 3.68. The van der Waals surface area contributed by atoms with Crippen LogP contribution in [0.3, 0.4) is 0 Å². The van der Waals surface area contributed by atoms with Crippen LogP contribution in [0, 0.1) is 0 Å². The zero-order chi connectivity index (χ0) is 22.8. The number of anilines is 1. The van der Waals surface area contributed by atoms with Crippen LogP contribution in [-0.2, 0) is 4.74 Å². The van der Waals surface area contributed by atoms with E-state index in [1.165, 1.54) is 0 Å². The summed E-state index contributed by atoms with van der Waals surface area (Å²) in [6.07, 6.45) is 0. The molecule has 0 aliphatic carbocycles. The van der Waals surface area contributed by atoms with Gasteiger partial charge in [-0.15, -0.1) is 0 Å². The van der Waals surface area contributed by atoms with Gasteiger partial charge in [0.2, 0.25) is 5.76 Å². The molecule has 0 atom stereocenters. The molecule has 33 heavy (non-hydrogen) atoms. The molecule has 9 heteroatoms. The first-order valence-electron chi connectivity index (χ1n) is 10.4. The highest BCUT2D eigenvalue weighted by Gasteiger charge is 2.28. The number of para-hydroxylation sites is 1. The molecule has 2 aromatic carbocycles. The number of amides is 2. The SMILES string of the molecule is COc1ccc(-c2cc(C(=O)Nc3c(C(=O)N4CCOCC4)oc4ccccc34)no2)cc1. The number of hydrogen-bond acceptors (Lipinski definition) is 7.